The Morgan fingerprint density at radius 2 is 2.18 bits per heavy atom. The number of hydrogen-bond donors (Lipinski definition) is 2. The van der Waals surface area contributed by atoms with Crippen LogP contribution in [0.4, 0.5) is 0 Å². The molecule has 4 heteroatoms. The molecule has 0 heterocycles. The van der Waals surface area contributed by atoms with Gasteiger partial charge in [-0.1, -0.05) is 19.1 Å². The zero-order valence-electron chi connectivity index (χ0n) is 10.2. The largest absolute Gasteiger partial charge is 0.395 e. The number of rotatable bonds is 6. The van der Waals surface area contributed by atoms with Crippen LogP contribution in [0.5, 0.6) is 0 Å². The van der Waals surface area contributed by atoms with Gasteiger partial charge in [-0.15, -0.1) is 0 Å². The second-order valence-electron chi connectivity index (χ2n) is 3.92. The van der Waals surface area contributed by atoms with E-state index in [-0.39, 0.29) is 12.5 Å². The lowest BCUT2D eigenvalue weighted by Crippen LogP contribution is -2.34. The van der Waals surface area contributed by atoms with Crippen LogP contribution in [0.1, 0.15) is 29.3 Å². The van der Waals surface area contributed by atoms with Crippen LogP contribution in [0.3, 0.4) is 0 Å². The highest BCUT2D eigenvalue weighted by Gasteiger charge is 2.14. The van der Waals surface area contributed by atoms with Gasteiger partial charge >= 0.3 is 0 Å². The monoisotopic (exact) mass is 236 g/mol. The van der Waals surface area contributed by atoms with Crippen molar-refractivity contribution < 1.29 is 9.90 Å². The summed E-state index contributed by atoms with van der Waals surface area (Å²) in [5.41, 5.74) is 7.12. The van der Waals surface area contributed by atoms with Gasteiger partial charge in [0.25, 0.3) is 5.91 Å². The number of carbonyl (C=O) groups is 1. The summed E-state index contributed by atoms with van der Waals surface area (Å²) in [5, 5.41) is 8.95. The summed E-state index contributed by atoms with van der Waals surface area (Å²) in [4.78, 5) is 13.8. The standard InChI is InChI=1S/C13H20N2O2/c1-2-6-15(7-8-16)13(17)12-5-3-4-11(9-12)10-14/h3-5,9,16H,2,6-8,10,14H2,1H3. The Kier molecular flexibility index (Phi) is 5.66. The molecule has 3 N–H and O–H groups in total. The van der Waals surface area contributed by atoms with E-state index in [1.54, 1.807) is 11.0 Å². The van der Waals surface area contributed by atoms with Gasteiger partial charge in [-0.3, -0.25) is 4.79 Å². The Morgan fingerprint density at radius 1 is 1.41 bits per heavy atom. The molecule has 94 valence electrons. The molecule has 0 fully saturated rings. The second-order valence-corrected chi connectivity index (χ2v) is 3.92. The number of nitrogens with zero attached hydrogens (tertiary/aromatic N) is 1. The predicted octanol–water partition coefficient (Wildman–Crippen LogP) is 0.990. The van der Waals surface area contributed by atoms with Crippen molar-refractivity contribution >= 4 is 5.91 Å². The van der Waals surface area contributed by atoms with Gasteiger partial charge in [0.2, 0.25) is 0 Å². The predicted molar refractivity (Wildman–Crippen MR) is 67.6 cm³/mol. The molecule has 1 aromatic carbocycles. The molecule has 0 aliphatic carbocycles. The van der Waals surface area contributed by atoms with Crippen LogP contribution in [0, 0.1) is 0 Å². The molecular weight excluding hydrogens is 216 g/mol. The molecule has 0 aromatic heterocycles. The van der Waals surface area contributed by atoms with E-state index in [2.05, 4.69) is 0 Å². The van der Waals surface area contributed by atoms with E-state index in [1.165, 1.54) is 0 Å². The van der Waals surface area contributed by atoms with Gasteiger partial charge in [-0.05, 0) is 24.1 Å². The van der Waals surface area contributed by atoms with Crippen molar-refractivity contribution in [2.45, 2.75) is 19.9 Å². The summed E-state index contributed by atoms with van der Waals surface area (Å²) >= 11 is 0. The van der Waals surface area contributed by atoms with Crippen molar-refractivity contribution in [3.05, 3.63) is 35.4 Å². The van der Waals surface area contributed by atoms with Gasteiger partial charge < -0.3 is 15.7 Å². The first-order valence-corrected chi connectivity index (χ1v) is 5.92. The van der Waals surface area contributed by atoms with E-state index in [9.17, 15) is 4.79 Å². The third kappa shape index (κ3) is 3.84. The van der Waals surface area contributed by atoms with Gasteiger partial charge in [-0.2, -0.15) is 0 Å². The molecular formula is C13H20N2O2. The molecule has 0 aliphatic heterocycles. The fourth-order valence-corrected chi connectivity index (χ4v) is 1.72. The van der Waals surface area contributed by atoms with Crippen molar-refractivity contribution in [1.82, 2.24) is 4.90 Å². The van der Waals surface area contributed by atoms with E-state index < -0.39 is 0 Å². The second kappa shape index (κ2) is 7.04. The van der Waals surface area contributed by atoms with E-state index in [1.807, 2.05) is 25.1 Å². The number of carbonyl (C=O) groups excluding carboxylic acids is 1. The molecule has 0 spiro atoms. The number of amides is 1. The van der Waals surface area contributed by atoms with Crippen molar-refractivity contribution in [3.63, 3.8) is 0 Å². The maximum atomic E-state index is 12.2. The smallest absolute Gasteiger partial charge is 0.253 e. The number of aliphatic hydroxyl groups is 1. The van der Waals surface area contributed by atoms with Gasteiger partial charge in [-0.25, -0.2) is 0 Å². The lowest BCUT2D eigenvalue weighted by molar-refractivity contribution is 0.0722. The van der Waals surface area contributed by atoms with E-state index >= 15 is 0 Å². The first kappa shape index (κ1) is 13.7. The SMILES string of the molecule is CCCN(CCO)C(=O)c1cccc(CN)c1. The topological polar surface area (TPSA) is 66.6 Å². The van der Waals surface area contributed by atoms with Crippen molar-refractivity contribution in [1.29, 1.82) is 0 Å². The lowest BCUT2D eigenvalue weighted by Gasteiger charge is -2.21. The minimum atomic E-state index is -0.0452. The molecule has 4 nitrogen and oxygen atoms in total. The average molecular weight is 236 g/mol. The van der Waals surface area contributed by atoms with Crippen LogP contribution >= 0.6 is 0 Å². The van der Waals surface area contributed by atoms with Crippen LogP contribution in [0.25, 0.3) is 0 Å². The van der Waals surface area contributed by atoms with Gasteiger partial charge in [0, 0.05) is 25.2 Å². The highest BCUT2D eigenvalue weighted by Crippen LogP contribution is 2.08. The Balaban J connectivity index is 2.84. The van der Waals surface area contributed by atoms with Crippen LogP contribution in [0.15, 0.2) is 24.3 Å². The summed E-state index contributed by atoms with van der Waals surface area (Å²) in [7, 11) is 0. The highest BCUT2D eigenvalue weighted by molar-refractivity contribution is 5.94. The summed E-state index contributed by atoms with van der Waals surface area (Å²) in [6.07, 6.45) is 0.877. The molecule has 0 unspecified atom stereocenters. The van der Waals surface area contributed by atoms with Crippen molar-refractivity contribution in [3.8, 4) is 0 Å². The Bertz CT molecular complexity index is 360. The molecule has 0 radical (unpaired) electrons. The maximum Gasteiger partial charge on any atom is 0.253 e. The number of benzene rings is 1. The van der Waals surface area contributed by atoms with Crippen LogP contribution in [-0.4, -0.2) is 35.6 Å². The molecule has 0 atom stereocenters. The zero-order chi connectivity index (χ0) is 12.7. The lowest BCUT2D eigenvalue weighted by atomic mass is 10.1. The molecule has 0 saturated heterocycles. The Morgan fingerprint density at radius 3 is 2.76 bits per heavy atom. The fraction of sp³-hybridized carbons (Fsp3) is 0.462. The molecule has 1 amide bonds. The summed E-state index contributed by atoms with van der Waals surface area (Å²) in [5.74, 6) is -0.0452. The third-order valence-electron chi connectivity index (χ3n) is 2.56. The maximum absolute atomic E-state index is 12.2. The number of aliphatic hydroxyl groups excluding tert-OH is 1. The zero-order valence-corrected chi connectivity index (χ0v) is 10.2. The Labute approximate surface area is 102 Å². The van der Waals surface area contributed by atoms with Gasteiger partial charge in [0.05, 0.1) is 6.61 Å². The van der Waals surface area contributed by atoms with Crippen LogP contribution in [-0.2, 0) is 6.54 Å². The van der Waals surface area contributed by atoms with E-state index in [0.29, 0.717) is 25.2 Å². The molecule has 17 heavy (non-hydrogen) atoms. The van der Waals surface area contributed by atoms with Crippen molar-refractivity contribution in [2.75, 3.05) is 19.7 Å². The quantitative estimate of drug-likeness (QED) is 0.774. The molecule has 0 aliphatic rings. The summed E-state index contributed by atoms with van der Waals surface area (Å²) < 4.78 is 0. The first-order valence-electron chi connectivity index (χ1n) is 5.92. The third-order valence-corrected chi connectivity index (χ3v) is 2.56. The summed E-state index contributed by atoms with van der Waals surface area (Å²) in [6, 6.07) is 7.31. The number of hydrogen-bond acceptors (Lipinski definition) is 3. The van der Waals surface area contributed by atoms with E-state index in [4.69, 9.17) is 10.8 Å². The van der Waals surface area contributed by atoms with Crippen LogP contribution in [0.2, 0.25) is 0 Å². The van der Waals surface area contributed by atoms with Crippen LogP contribution < -0.4 is 5.73 Å². The first-order chi connectivity index (χ1) is 8.22. The van der Waals surface area contributed by atoms with E-state index in [0.717, 1.165) is 12.0 Å². The number of nitrogens with two attached hydrogens (primary N) is 1. The normalized spacial score (nSPS) is 10.3. The molecule has 1 aromatic rings. The minimum absolute atomic E-state index is 0.0116. The molecule has 1 rings (SSSR count). The molecule has 0 saturated carbocycles. The van der Waals surface area contributed by atoms with Gasteiger partial charge in [0.15, 0.2) is 0 Å². The Hall–Kier alpha value is -1.39. The van der Waals surface area contributed by atoms with Gasteiger partial charge in [0.1, 0.15) is 0 Å². The molecule has 0 bridgehead atoms. The highest BCUT2D eigenvalue weighted by atomic mass is 16.3. The average Bonchev–Trinajstić information content (AvgIpc) is 2.38. The van der Waals surface area contributed by atoms with Crippen molar-refractivity contribution in [2.24, 2.45) is 5.73 Å². The fourth-order valence-electron chi connectivity index (χ4n) is 1.72. The summed E-state index contributed by atoms with van der Waals surface area (Å²) in [6.45, 7) is 3.46. The minimum Gasteiger partial charge on any atom is -0.395 e.